The van der Waals surface area contributed by atoms with Crippen LogP contribution in [0.3, 0.4) is 0 Å². The van der Waals surface area contributed by atoms with Gasteiger partial charge in [-0.25, -0.2) is 4.79 Å². The van der Waals surface area contributed by atoms with Crippen molar-refractivity contribution < 1.29 is 19.4 Å². The minimum Gasteiger partial charge on any atom is -0.490 e. The van der Waals surface area contributed by atoms with Crippen LogP contribution in [0.15, 0.2) is 64.7 Å². The van der Waals surface area contributed by atoms with Crippen molar-refractivity contribution in [1.82, 2.24) is 14.8 Å². The molecular formula is C31H32ClN3O4S. The molecule has 4 rings (SSSR count). The van der Waals surface area contributed by atoms with Gasteiger partial charge in [-0.1, -0.05) is 35.4 Å². The molecule has 0 fully saturated rings. The molecule has 9 heteroatoms. The van der Waals surface area contributed by atoms with E-state index in [-0.39, 0.29) is 4.91 Å². The number of hydrogen-bond donors (Lipinski definition) is 1. The van der Waals surface area contributed by atoms with Crippen molar-refractivity contribution in [1.29, 1.82) is 0 Å². The van der Waals surface area contributed by atoms with Crippen LogP contribution in [0.5, 0.6) is 11.5 Å². The van der Waals surface area contributed by atoms with Gasteiger partial charge in [0.05, 0.1) is 6.61 Å². The summed E-state index contributed by atoms with van der Waals surface area (Å²) in [4.78, 5) is 12.3. The fourth-order valence-corrected chi connectivity index (χ4v) is 5.45. The summed E-state index contributed by atoms with van der Waals surface area (Å²) >= 11 is 7.08. The van der Waals surface area contributed by atoms with E-state index in [1.54, 1.807) is 24.3 Å². The Morgan fingerprint density at radius 1 is 0.975 bits per heavy atom. The maximum Gasteiger partial charge on any atom is 0.342 e. The number of aryl methyl sites for hydroxylation is 3. The summed E-state index contributed by atoms with van der Waals surface area (Å²) in [5.41, 5.74) is 6.23. The van der Waals surface area contributed by atoms with Crippen LogP contribution in [0.2, 0.25) is 5.02 Å². The summed E-state index contributed by atoms with van der Waals surface area (Å²) in [6, 6.07) is 17.0. The van der Waals surface area contributed by atoms with Crippen LogP contribution in [0.1, 0.15) is 41.7 Å². The number of halogens is 1. The third-order valence-corrected chi connectivity index (χ3v) is 7.57. The Morgan fingerprint density at radius 3 is 2.30 bits per heavy atom. The highest BCUT2D eigenvalue weighted by Crippen LogP contribution is 2.34. The summed E-state index contributed by atoms with van der Waals surface area (Å²) in [6.07, 6.45) is 1.60. The molecule has 0 bridgehead atoms. The Labute approximate surface area is 243 Å². The summed E-state index contributed by atoms with van der Waals surface area (Å²) in [5.74, 6) is 0.731. The lowest BCUT2D eigenvalue weighted by molar-refractivity contribution is -0.131. The molecule has 0 unspecified atom stereocenters. The quantitative estimate of drug-likeness (QED) is 0.144. The Balaban J connectivity index is 1.60. The maximum atomic E-state index is 12.2. The predicted octanol–water partition coefficient (Wildman–Crippen LogP) is 7.74. The number of aromatic nitrogens is 3. The van der Waals surface area contributed by atoms with Gasteiger partial charge in [-0.3, -0.25) is 0 Å². The van der Waals surface area contributed by atoms with Crippen LogP contribution >= 0.6 is 23.4 Å². The Kier molecular flexibility index (Phi) is 9.55. The molecule has 3 aromatic carbocycles. The molecule has 1 N–H and O–H groups in total. The fraction of sp³-hybridized carbons (Fsp3) is 0.258. The first-order chi connectivity index (χ1) is 19.2. The minimum absolute atomic E-state index is 0.103. The number of ether oxygens (including phenoxy) is 2. The molecule has 0 radical (unpaired) electrons. The predicted molar refractivity (Wildman–Crippen MR) is 160 cm³/mol. The monoisotopic (exact) mass is 577 g/mol. The summed E-state index contributed by atoms with van der Waals surface area (Å²) in [5, 5.41) is 19.7. The number of benzene rings is 3. The molecule has 0 amide bonds. The summed E-state index contributed by atoms with van der Waals surface area (Å²) < 4.78 is 13.9. The van der Waals surface area contributed by atoms with Crippen LogP contribution in [0, 0.1) is 20.8 Å². The standard InChI is InChI=1S/C31H32ClN3O4S/c1-6-35-29(23-9-11-24(32)12-10-23)33-34-31(35)40-28(30(36)37)17-22-8-13-26(27(16-22)38-7-2)39-18-25-20(4)14-19(3)15-21(25)5/h8-17H,6-7,18H2,1-5H3,(H,36,37)/b28-17-. The smallest absolute Gasteiger partial charge is 0.342 e. The molecule has 0 atom stereocenters. The first kappa shape index (κ1) is 29.2. The van der Waals surface area contributed by atoms with E-state index in [0.717, 1.165) is 22.9 Å². The number of nitrogens with zero attached hydrogens (tertiary/aromatic N) is 3. The van der Waals surface area contributed by atoms with Crippen LogP contribution in [0.4, 0.5) is 0 Å². The van der Waals surface area contributed by atoms with Crippen LogP contribution < -0.4 is 9.47 Å². The molecular weight excluding hydrogens is 546 g/mol. The van der Waals surface area contributed by atoms with E-state index in [1.807, 2.05) is 42.7 Å². The number of carbonyl (C=O) groups is 1. The zero-order chi connectivity index (χ0) is 28.8. The molecule has 0 saturated carbocycles. The second kappa shape index (κ2) is 13.1. The minimum atomic E-state index is -1.06. The van der Waals surface area contributed by atoms with Gasteiger partial charge in [-0.05, 0) is 111 Å². The lowest BCUT2D eigenvalue weighted by Gasteiger charge is -2.16. The zero-order valence-corrected chi connectivity index (χ0v) is 24.8. The van der Waals surface area contributed by atoms with E-state index in [1.165, 1.54) is 16.7 Å². The van der Waals surface area contributed by atoms with Gasteiger partial charge in [0.15, 0.2) is 22.5 Å². The number of carboxylic acids is 1. The highest BCUT2D eigenvalue weighted by molar-refractivity contribution is 8.04. The third kappa shape index (κ3) is 6.87. The van der Waals surface area contributed by atoms with Gasteiger partial charge < -0.3 is 19.1 Å². The molecule has 0 aliphatic carbocycles. The number of aliphatic carboxylic acids is 1. The molecule has 0 saturated heterocycles. The van der Waals surface area contributed by atoms with Crippen molar-refractivity contribution in [2.24, 2.45) is 0 Å². The summed E-state index contributed by atoms with van der Waals surface area (Å²) in [6.45, 7) is 11.5. The first-order valence-corrected chi connectivity index (χ1v) is 14.2. The molecule has 4 aromatic rings. The van der Waals surface area contributed by atoms with E-state index in [4.69, 9.17) is 21.1 Å². The molecule has 0 aliphatic rings. The lowest BCUT2D eigenvalue weighted by atomic mass is 10.0. The third-order valence-electron chi connectivity index (χ3n) is 6.33. The largest absolute Gasteiger partial charge is 0.490 e. The number of hydrogen-bond acceptors (Lipinski definition) is 6. The maximum absolute atomic E-state index is 12.2. The molecule has 0 spiro atoms. The fourth-order valence-electron chi connectivity index (χ4n) is 4.44. The molecule has 0 aliphatic heterocycles. The van der Waals surface area contributed by atoms with Gasteiger partial charge >= 0.3 is 5.97 Å². The number of thioether (sulfide) groups is 1. The SMILES string of the molecule is CCOc1cc(/C=C(\Sc2nnc(-c3ccc(Cl)cc3)n2CC)C(=O)O)ccc1OCc1c(C)cc(C)cc1C. The van der Waals surface area contributed by atoms with E-state index in [9.17, 15) is 9.90 Å². The van der Waals surface area contributed by atoms with Crippen molar-refractivity contribution in [2.45, 2.75) is 52.9 Å². The van der Waals surface area contributed by atoms with Gasteiger partial charge in [-0.15, -0.1) is 10.2 Å². The molecule has 1 aromatic heterocycles. The van der Waals surface area contributed by atoms with Crippen molar-refractivity contribution in [2.75, 3.05) is 6.61 Å². The van der Waals surface area contributed by atoms with Crippen molar-refractivity contribution in [3.05, 3.63) is 92.3 Å². The highest BCUT2D eigenvalue weighted by Gasteiger charge is 2.19. The number of rotatable bonds is 11. The summed E-state index contributed by atoms with van der Waals surface area (Å²) in [7, 11) is 0. The van der Waals surface area contributed by atoms with Crippen molar-refractivity contribution in [3.63, 3.8) is 0 Å². The van der Waals surface area contributed by atoms with Gasteiger partial charge in [0.2, 0.25) is 0 Å². The van der Waals surface area contributed by atoms with Crippen LogP contribution in [-0.2, 0) is 17.9 Å². The van der Waals surface area contributed by atoms with Gasteiger partial charge in [0.25, 0.3) is 0 Å². The normalized spacial score (nSPS) is 11.5. The highest BCUT2D eigenvalue weighted by atomic mass is 35.5. The molecule has 40 heavy (non-hydrogen) atoms. The Morgan fingerprint density at radius 2 is 1.68 bits per heavy atom. The Bertz CT molecular complexity index is 1520. The van der Waals surface area contributed by atoms with Gasteiger partial charge in [0.1, 0.15) is 11.5 Å². The second-order valence-electron chi connectivity index (χ2n) is 9.28. The van der Waals surface area contributed by atoms with Gasteiger partial charge in [0, 0.05) is 17.1 Å². The zero-order valence-electron chi connectivity index (χ0n) is 23.2. The second-order valence-corrected chi connectivity index (χ2v) is 10.7. The number of carboxylic acid groups (broad SMARTS) is 1. The van der Waals surface area contributed by atoms with E-state index < -0.39 is 5.97 Å². The average molecular weight is 578 g/mol. The van der Waals surface area contributed by atoms with Crippen LogP contribution in [-0.4, -0.2) is 32.4 Å². The molecule has 1 heterocycles. The lowest BCUT2D eigenvalue weighted by Crippen LogP contribution is -2.04. The first-order valence-electron chi connectivity index (χ1n) is 13.0. The molecule has 7 nitrogen and oxygen atoms in total. The van der Waals surface area contributed by atoms with E-state index in [0.29, 0.717) is 52.8 Å². The average Bonchev–Trinajstić information content (AvgIpc) is 3.31. The van der Waals surface area contributed by atoms with Gasteiger partial charge in [-0.2, -0.15) is 0 Å². The molecule has 208 valence electrons. The Hall–Kier alpha value is -3.75. The van der Waals surface area contributed by atoms with E-state index in [2.05, 4.69) is 43.1 Å². The van der Waals surface area contributed by atoms with Crippen LogP contribution in [0.25, 0.3) is 17.5 Å². The van der Waals surface area contributed by atoms with Crippen molar-refractivity contribution in [3.8, 4) is 22.9 Å². The topological polar surface area (TPSA) is 86.5 Å². The van der Waals surface area contributed by atoms with E-state index >= 15 is 0 Å². The van der Waals surface area contributed by atoms with Crippen molar-refractivity contribution >= 4 is 35.4 Å².